The zero-order valence-corrected chi connectivity index (χ0v) is 10.1. The minimum Gasteiger partial charge on any atom is -0.310 e. The summed E-state index contributed by atoms with van der Waals surface area (Å²) in [7, 11) is 0. The molecule has 1 aromatic rings. The molecule has 100 valence electrons. The van der Waals surface area contributed by atoms with Gasteiger partial charge in [-0.25, -0.2) is 0 Å². The molecular weight excluding hydrogens is 241 g/mol. The second-order valence-electron chi connectivity index (χ2n) is 4.84. The molecule has 2 rings (SSSR count). The molecule has 0 amide bonds. The van der Waals surface area contributed by atoms with Crippen molar-refractivity contribution in [2.45, 2.75) is 44.4 Å². The van der Waals surface area contributed by atoms with Crippen molar-refractivity contribution in [2.24, 2.45) is 5.92 Å². The van der Waals surface area contributed by atoms with E-state index in [1.807, 2.05) is 12.1 Å². The molecule has 18 heavy (non-hydrogen) atoms. The third kappa shape index (κ3) is 3.70. The number of rotatable bonds is 3. The number of alkyl halides is 3. The Kier molecular flexibility index (Phi) is 4.22. The fraction of sp³-hybridized carbons (Fsp3) is 0.615. The standard InChI is InChI=1S/C13H17F3N2/c14-13(15,16)11-2-1-3-12(8-11)18-9-10-4-6-17-7-5-10/h4-7,11-12,18H,1-3,8-9H2. The smallest absolute Gasteiger partial charge is 0.310 e. The van der Waals surface area contributed by atoms with Gasteiger partial charge in [-0.1, -0.05) is 6.42 Å². The molecular formula is C13H17F3N2. The first-order valence-electron chi connectivity index (χ1n) is 6.24. The highest BCUT2D eigenvalue weighted by Crippen LogP contribution is 2.37. The fourth-order valence-electron chi connectivity index (χ4n) is 2.44. The summed E-state index contributed by atoms with van der Waals surface area (Å²) in [5.74, 6) is -1.14. The van der Waals surface area contributed by atoms with Gasteiger partial charge in [-0.05, 0) is 37.0 Å². The van der Waals surface area contributed by atoms with E-state index in [0.29, 0.717) is 13.0 Å². The summed E-state index contributed by atoms with van der Waals surface area (Å²) in [4.78, 5) is 3.91. The Labute approximate surface area is 105 Å². The predicted molar refractivity (Wildman–Crippen MR) is 62.9 cm³/mol. The molecule has 0 spiro atoms. The summed E-state index contributed by atoms with van der Waals surface area (Å²) >= 11 is 0. The Morgan fingerprint density at radius 3 is 2.61 bits per heavy atom. The van der Waals surface area contributed by atoms with Crippen LogP contribution in [0.3, 0.4) is 0 Å². The number of nitrogens with zero attached hydrogens (tertiary/aromatic N) is 1. The van der Waals surface area contributed by atoms with Gasteiger partial charge in [0.05, 0.1) is 5.92 Å². The fourth-order valence-corrected chi connectivity index (χ4v) is 2.44. The van der Waals surface area contributed by atoms with Crippen LogP contribution in [0.5, 0.6) is 0 Å². The molecule has 1 aliphatic carbocycles. The molecule has 2 nitrogen and oxygen atoms in total. The van der Waals surface area contributed by atoms with Crippen LogP contribution in [0.15, 0.2) is 24.5 Å². The molecule has 0 aromatic carbocycles. The van der Waals surface area contributed by atoms with E-state index >= 15 is 0 Å². The maximum atomic E-state index is 12.6. The van der Waals surface area contributed by atoms with Gasteiger partial charge in [0.2, 0.25) is 0 Å². The maximum Gasteiger partial charge on any atom is 0.391 e. The van der Waals surface area contributed by atoms with Crippen LogP contribution in [-0.2, 0) is 6.54 Å². The lowest BCUT2D eigenvalue weighted by Crippen LogP contribution is -2.38. The minimum absolute atomic E-state index is 0.0291. The van der Waals surface area contributed by atoms with Gasteiger partial charge in [0.25, 0.3) is 0 Å². The molecule has 5 heteroatoms. The lowest BCUT2D eigenvalue weighted by Gasteiger charge is -2.31. The van der Waals surface area contributed by atoms with E-state index < -0.39 is 12.1 Å². The van der Waals surface area contributed by atoms with Crippen molar-refractivity contribution in [3.63, 3.8) is 0 Å². The molecule has 1 heterocycles. The average Bonchev–Trinajstić information content (AvgIpc) is 2.37. The number of hydrogen-bond acceptors (Lipinski definition) is 2. The highest BCUT2D eigenvalue weighted by Gasteiger charge is 2.41. The highest BCUT2D eigenvalue weighted by atomic mass is 19.4. The Morgan fingerprint density at radius 1 is 1.22 bits per heavy atom. The van der Waals surface area contributed by atoms with Crippen molar-refractivity contribution < 1.29 is 13.2 Å². The van der Waals surface area contributed by atoms with E-state index in [9.17, 15) is 13.2 Å². The molecule has 1 fully saturated rings. The normalized spacial score (nSPS) is 25.1. The van der Waals surface area contributed by atoms with Crippen LogP contribution in [-0.4, -0.2) is 17.2 Å². The van der Waals surface area contributed by atoms with Gasteiger partial charge in [-0.2, -0.15) is 13.2 Å². The van der Waals surface area contributed by atoms with Crippen molar-refractivity contribution >= 4 is 0 Å². The van der Waals surface area contributed by atoms with Crippen molar-refractivity contribution in [1.29, 1.82) is 0 Å². The molecule has 2 atom stereocenters. The summed E-state index contributed by atoms with van der Waals surface area (Å²) in [5, 5.41) is 3.21. The van der Waals surface area contributed by atoms with Crippen LogP contribution in [0, 0.1) is 5.92 Å². The molecule has 0 radical (unpaired) electrons. The maximum absolute atomic E-state index is 12.6. The van der Waals surface area contributed by atoms with E-state index in [-0.39, 0.29) is 18.9 Å². The van der Waals surface area contributed by atoms with E-state index in [1.54, 1.807) is 12.4 Å². The Bertz CT molecular complexity index is 364. The first kappa shape index (κ1) is 13.3. The third-order valence-electron chi connectivity index (χ3n) is 3.48. The Balaban J connectivity index is 1.83. The minimum atomic E-state index is -4.04. The summed E-state index contributed by atoms with van der Waals surface area (Å²) in [6.45, 7) is 0.609. The van der Waals surface area contributed by atoms with Crippen LogP contribution >= 0.6 is 0 Å². The summed E-state index contributed by atoms with van der Waals surface area (Å²) in [6.07, 6.45) is 1.30. The number of pyridine rings is 1. The Morgan fingerprint density at radius 2 is 1.94 bits per heavy atom. The second kappa shape index (κ2) is 5.69. The first-order chi connectivity index (χ1) is 8.55. The van der Waals surface area contributed by atoms with Gasteiger partial charge in [0, 0.05) is 25.0 Å². The van der Waals surface area contributed by atoms with Crippen LogP contribution < -0.4 is 5.32 Å². The van der Waals surface area contributed by atoms with Gasteiger partial charge in [0.1, 0.15) is 0 Å². The molecule has 1 saturated carbocycles. The SMILES string of the molecule is FC(F)(F)C1CCCC(NCc2ccncc2)C1. The predicted octanol–water partition coefficient (Wildman–Crippen LogP) is 3.29. The first-order valence-corrected chi connectivity index (χ1v) is 6.24. The summed E-state index contributed by atoms with van der Waals surface area (Å²) < 4.78 is 37.9. The molecule has 1 N–H and O–H groups in total. The molecule has 0 aliphatic heterocycles. The molecule has 0 saturated heterocycles. The van der Waals surface area contributed by atoms with Gasteiger partial charge >= 0.3 is 6.18 Å². The summed E-state index contributed by atoms with van der Waals surface area (Å²) in [5.41, 5.74) is 1.05. The zero-order chi connectivity index (χ0) is 13.0. The molecule has 1 aromatic heterocycles. The largest absolute Gasteiger partial charge is 0.391 e. The monoisotopic (exact) mass is 258 g/mol. The van der Waals surface area contributed by atoms with Gasteiger partial charge in [-0.3, -0.25) is 4.98 Å². The zero-order valence-electron chi connectivity index (χ0n) is 10.1. The molecule has 2 unspecified atom stereocenters. The lowest BCUT2D eigenvalue weighted by atomic mass is 9.85. The number of nitrogens with one attached hydrogen (secondary N) is 1. The van der Waals surface area contributed by atoms with Gasteiger partial charge in [0.15, 0.2) is 0 Å². The quantitative estimate of drug-likeness (QED) is 0.899. The third-order valence-corrected chi connectivity index (χ3v) is 3.48. The van der Waals surface area contributed by atoms with Crippen molar-refractivity contribution in [1.82, 2.24) is 10.3 Å². The van der Waals surface area contributed by atoms with Crippen molar-refractivity contribution in [3.8, 4) is 0 Å². The van der Waals surface area contributed by atoms with Gasteiger partial charge < -0.3 is 5.32 Å². The summed E-state index contributed by atoms with van der Waals surface area (Å²) in [6, 6.07) is 3.72. The molecule has 1 aliphatic rings. The Hall–Kier alpha value is -1.10. The van der Waals surface area contributed by atoms with Crippen molar-refractivity contribution in [3.05, 3.63) is 30.1 Å². The number of aromatic nitrogens is 1. The van der Waals surface area contributed by atoms with E-state index in [1.165, 1.54) is 0 Å². The highest BCUT2D eigenvalue weighted by molar-refractivity contribution is 5.09. The second-order valence-corrected chi connectivity index (χ2v) is 4.84. The topological polar surface area (TPSA) is 24.9 Å². The van der Waals surface area contributed by atoms with Crippen LogP contribution in [0.25, 0.3) is 0 Å². The average molecular weight is 258 g/mol. The van der Waals surface area contributed by atoms with Gasteiger partial charge in [-0.15, -0.1) is 0 Å². The van der Waals surface area contributed by atoms with E-state index in [2.05, 4.69) is 10.3 Å². The lowest BCUT2D eigenvalue weighted by molar-refractivity contribution is -0.183. The van der Waals surface area contributed by atoms with Crippen LogP contribution in [0.1, 0.15) is 31.2 Å². The van der Waals surface area contributed by atoms with E-state index in [0.717, 1.165) is 12.0 Å². The van der Waals surface area contributed by atoms with Crippen LogP contribution in [0.2, 0.25) is 0 Å². The number of hydrogen-bond donors (Lipinski definition) is 1. The molecule has 0 bridgehead atoms. The van der Waals surface area contributed by atoms with E-state index in [4.69, 9.17) is 0 Å². The number of halogens is 3. The van der Waals surface area contributed by atoms with Crippen LogP contribution in [0.4, 0.5) is 13.2 Å². The van der Waals surface area contributed by atoms with Crippen molar-refractivity contribution in [2.75, 3.05) is 0 Å².